The van der Waals surface area contributed by atoms with Crippen molar-refractivity contribution in [3.05, 3.63) is 0 Å². The molecule has 0 rings (SSSR count). The Labute approximate surface area is 59.4 Å². The zero-order valence-corrected chi connectivity index (χ0v) is 5.75. The van der Waals surface area contributed by atoms with Gasteiger partial charge in [0, 0.05) is 0 Å². The average Bonchev–Trinajstić information content (AvgIpc) is 1.98. The predicted octanol–water partition coefficient (Wildman–Crippen LogP) is -1.53. The zero-order valence-electron chi connectivity index (χ0n) is 5.75. The molecule has 10 heavy (non-hydrogen) atoms. The standard InChI is InChI=1S/C5H13N3O2/c6-3-1-2-4(7)5(9)10-8/h4H,1-3,6-8H2. The molecule has 0 heterocycles. The molecule has 0 fully saturated rings. The summed E-state index contributed by atoms with van der Waals surface area (Å²) in [6.07, 6.45) is 1.23. The molecule has 0 aliphatic heterocycles. The van der Waals surface area contributed by atoms with Gasteiger partial charge in [-0.25, -0.2) is 4.79 Å². The Morgan fingerprint density at radius 2 is 2.20 bits per heavy atom. The molecule has 1 unspecified atom stereocenters. The van der Waals surface area contributed by atoms with Crippen LogP contribution in [-0.4, -0.2) is 18.6 Å². The summed E-state index contributed by atoms with van der Waals surface area (Å²) >= 11 is 0. The van der Waals surface area contributed by atoms with Crippen molar-refractivity contribution < 1.29 is 9.63 Å². The first-order valence-electron chi connectivity index (χ1n) is 3.08. The van der Waals surface area contributed by atoms with Crippen LogP contribution < -0.4 is 17.4 Å². The third-order valence-electron chi connectivity index (χ3n) is 1.14. The molecule has 0 aliphatic rings. The van der Waals surface area contributed by atoms with E-state index in [-0.39, 0.29) is 0 Å². The monoisotopic (exact) mass is 147 g/mol. The summed E-state index contributed by atoms with van der Waals surface area (Å²) in [7, 11) is 0. The molecule has 0 radical (unpaired) electrons. The van der Waals surface area contributed by atoms with Crippen LogP contribution >= 0.6 is 0 Å². The maximum Gasteiger partial charge on any atom is 0.341 e. The van der Waals surface area contributed by atoms with E-state index in [1.807, 2.05) is 0 Å². The lowest BCUT2D eigenvalue weighted by Gasteiger charge is -2.05. The minimum Gasteiger partial charge on any atom is -0.372 e. The van der Waals surface area contributed by atoms with Gasteiger partial charge in [-0.15, -0.1) is 0 Å². The van der Waals surface area contributed by atoms with Crippen molar-refractivity contribution in [2.75, 3.05) is 6.54 Å². The molecular weight excluding hydrogens is 134 g/mol. The Hall–Kier alpha value is -0.650. The topological polar surface area (TPSA) is 104 Å². The fraction of sp³-hybridized carbons (Fsp3) is 0.800. The molecule has 0 aliphatic carbocycles. The van der Waals surface area contributed by atoms with Gasteiger partial charge in [0.15, 0.2) is 0 Å². The minimum absolute atomic E-state index is 0.519. The van der Waals surface area contributed by atoms with E-state index in [0.29, 0.717) is 19.4 Å². The van der Waals surface area contributed by atoms with Gasteiger partial charge in [0.05, 0.1) is 0 Å². The zero-order chi connectivity index (χ0) is 7.98. The summed E-state index contributed by atoms with van der Waals surface area (Å²) in [6, 6.07) is -0.631. The number of carbonyl (C=O) groups is 1. The van der Waals surface area contributed by atoms with Crippen molar-refractivity contribution in [1.29, 1.82) is 0 Å². The van der Waals surface area contributed by atoms with Gasteiger partial charge in [0.2, 0.25) is 0 Å². The summed E-state index contributed by atoms with van der Waals surface area (Å²) in [5.41, 5.74) is 10.5. The van der Waals surface area contributed by atoms with E-state index in [4.69, 9.17) is 11.5 Å². The van der Waals surface area contributed by atoms with Gasteiger partial charge in [-0.2, -0.15) is 5.90 Å². The van der Waals surface area contributed by atoms with Crippen LogP contribution in [0.25, 0.3) is 0 Å². The van der Waals surface area contributed by atoms with E-state index >= 15 is 0 Å². The van der Waals surface area contributed by atoms with Gasteiger partial charge in [0.25, 0.3) is 0 Å². The Morgan fingerprint density at radius 1 is 1.60 bits per heavy atom. The predicted molar refractivity (Wildman–Crippen MR) is 36.5 cm³/mol. The Kier molecular flexibility index (Phi) is 4.82. The van der Waals surface area contributed by atoms with Gasteiger partial charge >= 0.3 is 5.97 Å². The molecule has 0 aromatic carbocycles. The van der Waals surface area contributed by atoms with Gasteiger partial charge in [-0.1, -0.05) is 0 Å². The average molecular weight is 147 g/mol. The number of nitrogens with two attached hydrogens (primary N) is 3. The van der Waals surface area contributed by atoms with E-state index in [9.17, 15) is 4.79 Å². The largest absolute Gasteiger partial charge is 0.372 e. The lowest BCUT2D eigenvalue weighted by Crippen LogP contribution is -2.34. The highest BCUT2D eigenvalue weighted by Gasteiger charge is 2.12. The Balaban J connectivity index is 3.41. The molecule has 6 N–H and O–H groups in total. The van der Waals surface area contributed by atoms with Gasteiger partial charge in [-0.3, -0.25) is 0 Å². The molecule has 0 bridgehead atoms. The molecule has 0 saturated carbocycles. The van der Waals surface area contributed by atoms with E-state index in [1.54, 1.807) is 0 Å². The number of hydrogen-bond donors (Lipinski definition) is 3. The third-order valence-corrected chi connectivity index (χ3v) is 1.14. The number of hydrogen-bond acceptors (Lipinski definition) is 5. The van der Waals surface area contributed by atoms with Crippen molar-refractivity contribution in [3.8, 4) is 0 Å². The van der Waals surface area contributed by atoms with Crippen molar-refractivity contribution in [3.63, 3.8) is 0 Å². The molecule has 0 aromatic rings. The van der Waals surface area contributed by atoms with Crippen LogP contribution in [0, 0.1) is 0 Å². The highest BCUT2D eigenvalue weighted by atomic mass is 16.7. The Bertz CT molecular complexity index is 107. The van der Waals surface area contributed by atoms with Crippen LogP contribution in [0.5, 0.6) is 0 Å². The van der Waals surface area contributed by atoms with Crippen LogP contribution in [0.3, 0.4) is 0 Å². The molecular formula is C5H13N3O2. The first-order chi connectivity index (χ1) is 4.72. The molecule has 0 aromatic heterocycles. The van der Waals surface area contributed by atoms with Crippen LogP contribution in [-0.2, 0) is 9.63 Å². The quantitative estimate of drug-likeness (QED) is 0.418. The lowest BCUT2D eigenvalue weighted by atomic mass is 10.2. The van der Waals surface area contributed by atoms with Crippen molar-refractivity contribution >= 4 is 5.97 Å². The molecule has 1 atom stereocenters. The molecule has 5 nitrogen and oxygen atoms in total. The molecule has 0 spiro atoms. The van der Waals surface area contributed by atoms with Gasteiger partial charge < -0.3 is 16.3 Å². The second-order valence-electron chi connectivity index (χ2n) is 1.97. The minimum atomic E-state index is -0.631. The second-order valence-corrected chi connectivity index (χ2v) is 1.97. The van der Waals surface area contributed by atoms with E-state index < -0.39 is 12.0 Å². The molecule has 60 valence electrons. The van der Waals surface area contributed by atoms with Gasteiger partial charge in [-0.05, 0) is 19.4 Å². The summed E-state index contributed by atoms with van der Waals surface area (Å²) < 4.78 is 0. The second kappa shape index (κ2) is 5.16. The maximum atomic E-state index is 10.5. The summed E-state index contributed by atoms with van der Waals surface area (Å²) in [5.74, 6) is 3.99. The first-order valence-corrected chi connectivity index (χ1v) is 3.08. The van der Waals surface area contributed by atoms with Crippen molar-refractivity contribution in [1.82, 2.24) is 0 Å². The third kappa shape index (κ3) is 3.39. The van der Waals surface area contributed by atoms with Crippen molar-refractivity contribution in [2.45, 2.75) is 18.9 Å². The molecule has 0 amide bonds. The SMILES string of the molecule is NCCCC(N)C(=O)ON. The van der Waals surface area contributed by atoms with Gasteiger partial charge in [0.1, 0.15) is 6.04 Å². The van der Waals surface area contributed by atoms with Crippen LogP contribution in [0.4, 0.5) is 0 Å². The normalized spacial score (nSPS) is 12.7. The smallest absolute Gasteiger partial charge is 0.341 e. The van der Waals surface area contributed by atoms with E-state index in [2.05, 4.69) is 10.7 Å². The van der Waals surface area contributed by atoms with Crippen LogP contribution in [0.1, 0.15) is 12.8 Å². The number of carbonyl (C=O) groups excluding carboxylic acids is 1. The van der Waals surface area contributed by atoms with E-state index in [1.165, 1.54) is 0 Å². The first kappa shape index (κ1) is 9.35. The summed E-state index contributed by atoms with van der Waals surface area (Å²) in [4.78, 5) is 14.4. The van der Waals surface area contributed by atoms with Crippen LogP contribution in [0.15, 0.2) is 0 Å². The van der Waals surface area contributed by atoms with Crippen LogP contribution in [0.2, 0.25) is 0 Å². The highest BCUT2D eigenvalue weighted by Crippen LogP contribution is 1.93. The maximum absolute atomic E-state index is 10.5. The molecule has 0 saturated heterocycles. The fourth-order valence-electron chi connectivity index (χ4n) is 0.543. The molecule has 5 heteroatoms. The summed E-state index contributed by atoms with van der Waals surface area (Å²) in [6.45, 7) is 0.519. The fourth-order valence-corrected chi connectivity index (χ4v) is 0.543. The highest BCUT2D eigenvalue weighted by molar-refractivity contribution is 5.74. The van der Waals surface area contributed by atoms with Crippen molar-refractivity contribution in [2.24, 2.45) is 17.4 Å². The Morgan fingerprint density at radius 3 is 2.60 bits per heavy atom. The summed E-state index contributed by atoms with van der Waals surface area (Å²) in [5, 5.41) is 0. The number of rotatable bonds is 4. The van der Waals surface area contributed by atoms with E-state index in [0.717, 1.165) is 0 Å². The lowest BCUT2D eigenvalue weighted by molar-refractivity contribution is -0.145.